The SMILES string of the molecule is CCN(CC)c1nc(Cl)nc(Oc2ccc(Cl)cc2Cl)n1. The number of aromatic nitrogens is 3. The lowest BCUT2D eigenvalue weighted by atomic mass is 10.3. The van der Waals surface area contributed by atoms with Gasteiger partial charge in [-0.1, -0.05) is 23.2 Å². The van der Waals surface area contributed by atoms with E-state index in [4.69, 9.17) is 39.5 Å². The van der Waals surface area contributed by atoms with Crippen LogP contribution in [0.4, 0.5) is 5.95 Å². The third-order valence-electron chi connectivity index (χ3n) is 2.72. The van der Waals surface area contributed by atoms with E-state index in [1.54, 1.807) is 18.2 Å². The van der Waals surface area contributed by atoms with Crippen LogP contribution in [0, 0.1) is 0 Å². The molecule has 0 amide bonds. The van der Waals surface area contributed by atoms with E-state index in [2.05, 4.69) is 15.0 Å². The molecule has 0 N–H and O–H groups in total. The van der Waals surface area contributed by atoms with E-state index in [-0.39, 0.29) is 11.3 Å². The summed E-state index contributed by atoms with van der Waals surface area (Å²) in [6, 6.07) is 4.96. The van der Waals surface area contributed by atoms with Gasteiger partial charge in [-0.25, -0.2) is 0 Å². The summed E-state index contributed by atoms with van der Waals surface area (Å²) in [5.74, 6) is 0.855. The Hall–Kier alpha value is -1.30. The standard InChI is InChI=1S/C13H13Cl3N4O/c1-3-20(4-2)12-17-11(16)18-13(19-12)21-10-6-5-8(14)7-9(10)15/h5-7H,3-4H2,1-2H3. The monoisotopic (exact) mass is 346 g/mol. The fourth-order valence-corrected chi connectivity index (χ4v) is 2.27. The van der Waals surface area contributed by atoms with Gasteiger partial charge in [0.05, 0.1) is 5.02 Å². The minimum atomic E-state index is 0.0620. The second kappa shape index (κ2) is 7.11. The molecule has 1 aromatic heterocycles. The molecule has 1 heterocycles. The fourth-order valence-electron chi connectivity index (χ4n) is 1.67. The number of nitrogens with zero attached hydrogens (tertiary/aromatic N) is 4. The van der Waals surface area contributed by atoms with Crippen molar-refractivity contribution in [3.8, 4) is 11.8 Å². The molecule has 21 heavy (non-hydrogen) atoms. The van der Waals surface area contributed by atoms with Gasteiger partial charge in [0, 0.05) is 18.1 Å². The molecule has 0 aliphatic heterocycles. The summed E-state index contributed by atoms with van der Waals surface area (Å²) in [6.07, 6.45) is 0. The second-order valence-corrected chi connectivity index (χ2v) is 5.22. The van der Waals surface area contributed by atoms with E-state index in [9.17, 15) is 0 Å². The van der Waals surface area contributed by atoms with E-state index in [1.165, 1.54) is 0 Å². The van der Waals surface area contributed by atoms with E-state index in [0.717, 1.165) is 13.1 Å². The maximum Gasteiger partial charge on any atom is 0.328 e. The van der Waals surface area contributed by atoms with Gasteiger partial charge in [0.2, 0.25) is 11.2 Å². The number of ether oxygens (including phenoxy) is 1. The molecule has 2 aromatic rings. The molecule has 0 saturated heterocycles. The molecule has 0 bridgehead atoms. The van der Waals surface area contributed by atoms with Gasteiger partial charge in [0.1, 0.15) is 5.75 Å². The maximum atomic E-state index is 6.05. The lowest BCUT2D eigenvalue weighted by molar-refractivity contribution is 0.439. The Bertz CT molecular complexity index is 635. The molecule has 1 aromatic carbocycles. The molecule has 0 atom stereocenters. The van der Waals surface area contributed by atoms with Gasteiger partial charge in [-0.15, -0.1) is 0 Å². The van der Waals surface area contributed by atoms with Crippen LogP contribution in [0.25, 0.3) is 0 Å². The minimum absolute atomic E-state index is 0.0620. The van der Waals surface area contributed by atoms with Crippen LogP contribution >= 0.6 is 34.8 Å². The number of rotatable bonds is 5. The zero-order valence-corrected chi connectivity index (χ0v) is 13.7. The Kier molecular flexibility index (Phi) is 5.45. The Morgan fingerprint density at radius 2 is 1.76 bits per heavy atom. The zero-order chi connectivity index (χ0) is 15.4. The number of halogens is 3. The largest absolute Gasteiger partial charge is 0.423 e. The summed E-state index contributed by atoms with van der Waals surface area (Å²) in [6.45, 7) is 5.49. The second-order valence-electron chi connectivity index (χ2n) is 4.04. The summed E-state index contributed by atoms with van der Waals surface area (Å²) < 4.78 is 5.56. The lowest BCUT2D eigenvalue weighted by Gasteiger charge is -2.18. The topological polar surface area (TPSA) is 51.1 Å². The Balaban J connectivity index is 2.31. The van der Waals surface area contributed by atoms with Crippen molar-refractivity contribution in [3.63, 3.8) is 0 Å². The van der Waals surface area contributed by atoms with Crippen LogP contribution < -0.4 is 9.64 Å². The lowest BCUT2D eigenvalue weighted by Crippen LogP contribution is -2.24. The van der Waals surface area contributed by atoms with Crippen LogP contribution in [0.2, 0.25) is 15.3 Å². The van der Waals surface area contributed by atoms with Gasteiger partial charge in [0.15, 0.2) is 0 Å². The third-order valence-corrected chi connectivity index (χ3v) is 3.42. The van der Waals surface area contributed by atoms with Crippen LogP contribution in [0.5, 0.6) is 11.8 Å². The highest BCUT2D eigenvalue weighted by Crippen LogP contribution is 2.30. The van der Waals surface area contributed by atoms with Crippen molar-refractivity contribution in [3.05, 3.63) is 33.5 Å². The van der Waals surface area contributed by atoms with E-state index >= 15 is 0 Å². The first kappa shape index (κ1) is 16.1. The van der Waals surface area contributed by atoms with E-state index < -0.39 is 0 Å². The first-order chi connectivity index (χ1) is 10.0. The predicted octanol–water partition coefficient (Wildman–Crippen LogP) is 4.47. The van der Waals surface area contributed by atoms with Crippen LogP contribution in [0.1, 0.15) is 13.8 Å². The van der Waals surface area contributed by atoms with Gasteiger partial charge in [0.25, 0.3) is 0 Å². The van der Waals surface area contributed by atoms with Gasteiger partial charge < -0.3 is 9.64 Å². The summed E-state index contributed by atoms with van der Waals surface area (Å²) in [5.41, 5.74) is 0. The highest BCUT2D eigenvalue weighted by molar-refractivity contribution is 6.35. The third kappa shape index (κ3) is 4.09. The Labute approximate surface area is 137 Å². The summed E-state index contributed by atoms with van der Waals surface area (Å²) in [4.78, 5) is 14.2. The smallest absolute Gasteiger partial charge is 0.328 e. The average molecular weight is 348 g/mol. The molecule has 0 aliphatic carbocycles. The van der Waals surface area contributed by atoms with Crippen molar-refractivity contribution in [1.82, 2.24) is 15.0 Å². The normalized spacial score (nSPS) is 10.5. The van der Waals surface area contributed by atoms with E-state index in [1.807, 2.05) is 18.7 Å². The minimum Gasteiger partial charge on any atom is -0.423 e. The van der Waals surface area contributed by atoms with Gasteiger partial charge >= 0.3 is 6.01 Å². The first-order valence-electron chi connectivity index (χ1n) is 6.33. The number of hydrogen-bond donors (Lipinski definition) is 0. The number of anilines is 1. The Morgan fingerprint density at radius 3 is 2.38 bits per heavy atom. The molecule has 112 valence electrons. The van der Waals surface area contributed by atoms with Crippen LogP contribution in [0.3, 0.4) is 0 Å². The van der Waals surface area contributed by atoms with Crippen molar-refractivity contribution >= 4 is 40.8 Å². The van der Waals surface area contributed by atoms with Crippen molar-refractivity contribution in [1.29, 1.82) is 0 Å². The van der Waals surface area contributed by atoms with Crippen molar-refractivity contribution < 1.29 is 4.74 Å². The molecule has 2 rings (SSSR count). The van der Waals surface area contributed by atoms with Gasteiger partial charge in [-0.05, 0) is 43.6 Å². The van der Waals surface area contributed by atoms with Crippen molar-refractivity contribution in [2.75, 3.05) is 18.0 Å². The molecular weight excluding hydrogens is 335 g/mol. The summed E-state index contributed by atoms with van der Waals surface area (Å²) >= 11 is 17.8. The number of hydrogen-bond acceptors (Lipinski definition) is 5. The zero-order valence-electron chi connectivity index (χ0n) is 11.5. The van der Waals surface area contributed by atoms with Crippen LogP contribution in [-0.4, -0.2) is 28.0 Å². The average Bonchev–Trinajstić information content (AvgIpc) is 2.43. The van der Waals surface area contributed by atoms with E-state index in [0.29, 0.717) is 21.7 Å². The van der Waals surface area contributed by atoms with Crippen LogP contribution in [-0.2, 0) is 0 Å². The summed E-state index contributed by atoms with van der Waals surface area (Å²) in [5, 5.41) is 0.945. The highest BCUT2D eigenvalue weighted by Gasteiger charge is 2.13. The van der Waals surface area contributed by atoms with Gasteiger partial charge in [-0.3, -0.25) is 0 Å². The molecule has 0 radical (unpaired) electrons. The first-order valence-corrected chi connectivity index (χ1v) is 7.46. The Morgan fingerprint density at radius 1 is 1.05 bits per heavy atom. The van der Waals surface area contributed by atoms with Crippen molar-refractivity contribution in [2.45, 2.75) is 13.8 Å². The molecule has 0 unspecified atom stereocenters. The summed E-state index contributed by atoms with van der Waals surface area (Å²) in [7, 11) is 0. The molecule has 8 heteroatoms. The molecule has 0 aliphatic rings. The fraction of sp³-hybridized carbons (Fsp3) is 0.308. The van der Waals surface area contributed by atoms with Gasteiger partial charge in [-0.2, -0.15) is 15.0 Å². The number of benzene rings is 1. The predicted molar refractivity (Wildman–Crippen MR) is 84.9 cm³/mol. The highest BCUT2D eigenvalue weighted by atomic mass is 35.5. The maximum absolute atomic E-state index is 6.05. The quantitative estimate of drug-likeness (QED) is 0.798. The molecule has 5 nitrogen and oxygen atoms in total. The van der Waals surface area contributed by atoms with Crippen LogP contribution in [0.15, 0.2) is 18.2 Å². The molecule has 0 fully saturated rings. The molecule has 0 saturated carbocycles. The van der Waals surface area contributed by atoms with Crippen molar-refractivity contribution in [2.24, 2.45) is 0 Å². The molecule has 0 spiro atoms. The molecular formula is C13H13Cl3N4O.